The van der Waals surface area contributed by atoms with E-state index < -0.39 is 12.3 Å². The van der Waals surface area contributed by atoms with E-state index in [2.05, 4.69) is 15.2 Å². The summed E-state index contributed by atoms with van der Waals surface area (Å²) >= 11 is 0. The Morgan fingerprint density at radius 1 is 1.19 bits per heavy atom. The van der Waals surface area contributed by atoms with Crippen LogP contribution in [0.1, 0.15) is 34.8 Å². The van der Waals surface area contributed by atoms with Crippen LogP contribution in [0, 0.1) is 0 Å². The van der Waals surface area contributed by atoms with Crippen LogP contribution in [0.15, 0.2) is 47.4 Å². The van der Waals surface area contributed by atoms with Crippen molar-refractivity contribution in [3.8, 4) is 5.75 Å². The van der Waals surface area contributed by atoms with E-state index in [0.29, 0.717) is 31.7 Å². The zero-order valence-electron chi connectivity index (χ0n) is 16.3. The van der Waals surface area contributed by atoms with Crippen molar-refractivity contribution in [1.82, 2.24) is 19.5 Å². The Labute approximate surface area is 174 Å². The summed E-state index contributed by atoms with van der Waals surface area (Å²) in [5.74, 6) is -0.936. The second kappa shape index (κ2) is 8.42. The van der Waals surface area contributed by atoms with E-state index in [1.54, 1.807) is 12.1 Å². The first-order valence-electron chi connectivity index (χ1n) is 9.62. The molecule has 0 bridgehead atoms. The molecule has 164 valence electrons. The van der Waals surface area contributed by atoms with Crippen LogP contribution < -0.4 is 15.7 Å². The standard InChI is InChI=1S/C20H19F3N4O4/c21-20(22,23)31-16-4-2-1-3-13(16)11-24-18(28)14-5-6-17-25-27(19(29)26(17)12-14)15-7-9-30-10-8-15/h1-6,12,15H,7-11H2,(H,24,28). The van der Waals surface area contributed by atoms with Gasteiger partial charge in [-0.15, -0.1) is 18.3 Å². The highest BCUT2D eigenvalue weighted by Gasteiger charge is 2.32. The molecule has 1 fully saturated rings. The summed E-state index contributed by atoms with van der Waals surface area (Å²) in [7, 11) is 0. The predicted molar refractivity (Wildman–Crippen MR) is 103 cm³/mol. The van der Waals surface area contributed by atoms with E-state index in [4.69, 9.17) is 4.74 Å². The molecule has 0 radical (unpaired) electrons. The normalized spacial score (nSPS) is 15.2. The summed E-state index contributed by atoms with van der Waals surface area (Å²) in [5.41, 5.74) is 0.381. The molecule has 0 atom stereocenters. The Balaban J connectivity index is 1.51. The second-order valence-corrected chi connectivity index (χ2v) is 7.05. The Kier molecular flexibility index (Phi) is 5.68. The van der Waals surface area contributed by atoms with Crippen LogP contribution >= 0.6 is 0 Å². The fourth-order valence-electron chi connectivity index (χ4n) is 3.44. The number of benzene rings is 1. The molecule has 31 heavy (non-hydrogen) atoms. The Morgan fingerprint density at radius 3 is 2.68 bits per heavy atom. The number of ether oxygens (including phenoxy) is 2. The van der Waals surface area contributed by atoms with Crippen molar-refractivity contribution in [2.45, 2.75) is 31.8 Å². The summed E-state index contributed by atoms with van der Waals surface area (Å²) in [6.07, 6.45) is -2.11. The van der Waals surface area contributed by atoms with Crippen LogP contribution in [-0.4, -0.2) is 39.7 Å². The Bertz CT molecular complexity index is 1150. The smallest absolute Gasteiger partial charge is 0.405 e. The molecule has 0 saturated carbocycles. The van der Waals surface area contributed by atoms with Crippen LogP contribution in [0.5, 0.6) is 5.75 Å². The van der Waals surface area contributed by atoms with Gasteiger partial charge in [0.1, 0.15) is 5.75 Å². The van der Waals surface area contributed by atoms with Gasteiger partial charge in [0.15, 0.2) is 5.65 Å². The zero-order valence-corrected chi connectivity index (χ0v) is 16.3. The molecule has 3 aromatic rings. The predicted octanol–water partition coefficient (Wildman–Crippen LogP) is 2.68. The minimum atomic E-state index is -4.84. The highest BCUT2D eigenvalue weighted by Crippen LogP contribution is 2.26. The zero-order chi connectivity index (χ0) is 22.0. The summed E-state index contributed by atoms with van der Waals surface area (Å²) in [5, 5.41) is 6.88. The third-order valence-electron chi connectivity index (χ3n) is 4.98. The molecule has 1 aromatic carbocycles. The molecule has 0 spiro atoms. The average Bonchev–Trinajstić information content (AvgIpc) is 3.08. The molecule has 8 nitrogen and oxygen atoms in total. The first-order chi connectivity index (χ1) is 14.8. The topological polar surface area (TPSA) is 86.9 Å². The van der Waals surface area contributed by atoms with E-state index in [1.165, 1.54) is 39.5 Å². The van der Waals surface area contributed by atoms with Gasteiger partial charge in [-0.05, 0) is 31.0 Å². The van der Waals surface area contributed by atoms with Crippen molar-refractivity contribution in [1.29, 1.82) is 0 Å². The molecule has 1 aliphatic heterocycles. The fourth-order valence-corrected chi connectivity index (χ4v) is 3.44. The maximum Gasteiger partial charge on any atom is 0.573 e. The fraction of sp³-hybridized carbons (Fsp3) is 0.350. The number of fused-ring (bicyclic) bond motifs is 1. The maximum atomic E-state index is 12.7. The number of halogens is 3. The second-order valence-electron chi connectivity index (χ2n) is 7.05. The van der Waals surface area contributed by atoms with Crippen LogP contribution in [0.3, 0.4) is 0 Å². The number of nitrogens with one attached hydrogen (secondary N) is 1. The summed E-state index contributed by atoms with van der Waals surface area (Å²) in [6.45, 7) is 0.926. The van der Waals surface area contributed by atoms with Crippen LogP contribution in [0.4, 0.5) is 13.2 Å². The van der Waals surface area contributed by atoms with Gasteiger partial charge in [-0.3, -0.25) is 4.79 Å². The lowest BCUT2D eigenvalue weighted by Crippen LogP contribution is -2.30. The number of carbonyl (C=O) groups is 1. The molecule has 0 unspecified atom stereocenters. The Hall–Kier alpha value is -3.34. The van der Waals surface area contributed by atoms with E-state index >= 15 is 0 Å². The van der Waals surface area contributed by atoms with E-state index in [-0.39, 0.29) is 35.2 Å². The van der Waals surface area contributed by atoms with Crippen LogP contribution in [0.2, 0.25) is 0 Å². The average molecular weight is 436 g/mol. The van der Waals surface area contributed by atoms with E-state index in [1.807, 2.05) is 0 Å². The molecule has 11 heteroatoms. The summed E-state index contributed by atoms with van der Waals surface area (Å²) in [4.78, 5) is 25.3. The quantitative estimate of drug-likeness (QED) is 0.665. The molecule has 0 aliphatic carbocycles. The van der Waals surface area contributed by atoms with Gasteiger partial charge in [0.05, 0.1) is 11.6 Å². The third-order valence-corrected chi connectivity index (χ3v) is 4.98. The number of aromatic nitrogens is 3. The van der Waals surface area contributed by atoms with Gasteiger partial charge in [-0.25, -0.2) is 13.9 Å². The van der Waals surface area contributed by atoms with Crippen molar-refractivity contribution < 1.29 is 27.4 Å². The molecule has 1 saturated heterocycles. The lowest BCUT2D eigenvalue weighted by atomic mass is 10.1. The van der Waals surface area contributed by atoms with Crippen molar-refractivity contribution in [2.24, 2.45) is 0 Å². The molecule has 2 aromatic heterocycles. The minimum Gasteiger partial charge on any atom is -0.405 e. The number of pyridine rings is 1. The first-order valence-corrected chi connectivity index (χ1v) is 9.62. The molecular formula is C20H19F3N4O4. The third kappa shape index (κ3) is 4.71. The van der Waals surface area contributed by atoms with Crippen LogP contribution in [0.25, 0.3) is 5.65 Å². The molecule has 1 amide bonds. The van der Waals surface area contributed by atoms with Gasteiger partial charge in [0, 0.05) is 31.5 Å². The molecule has 1 aliphatic rings. The van der Waals surface area contributed by atoms with Gasteiger partial charge in [-0.2, -0.15) is 0 Å². The van der Waals surface area contributed by atoms with Crippen LogP contribution in [-0.2, 0) is 11.3 Å². The number of hydrogen-bond acceptors (Lipinski definition) is 5. The van der Waals surface area contributed by atoms with Crippen molar-refractivity contribution in [3.05, 3.63) is 64.2 Å². The maximum absolute atomic E-state index is 12.7. The number of amides is 1. The Morgan fingerprint density at radius 2 is 1.94 bits per heavy atom. The van der Waals surface area contributed by atoms with Gasteiger partial charge >= 0.3 is 12.1 Å². The van der Waals surface area contributed by atoms with Crippen molar-refractivity contribution in [2.75, 3.05) is 13.2 Å². The first kappa shape index (κ1) is 20.9. The van der Waals surface area contributed by atoms with Gasteiger partial charge in [0.2, 0.25) is 0 Å². The van der Waals surface area contributed by atoms with Crippen molar-refractivity contribution in [3.63, 3.8) is 0 Å². The van der Waals surface area contributed by atoms with Gasteiger partial charge < -0.3 is 14.8 Å². The summed E-state index contributed by atoms with van der Waals surface area (Å²) < 4.78 is 49.6. The molecule has 3 heterocycles. The number of hydrogen-bond donors (Lipinski definition) is 1. The highest BCUT2D eigenvalue weighted by molar-refractivity contribution is 5.94. The lowest BCUT2D eigenvalue weighted by Gasteiger charge is -2.20. The molecule has 4 rings (SSSR count). The number of carbonyl (C=O) groups excluding carboxylic acids is 1. The number of nitrogens with zero attached hydrogens (tertiary/aromatic N) is 3. The molecule has 1 N–H and O–H groups in total. The minimum absolute atomic E-state index is 0.0661. The largest absolute Gasteiger partial charge is 0.573 e. The number of rotatable bonds is 5. The van der Waals surface area contributed by atoms with Gasteiger partial charge in [0.25, 0.3) is 5.91 Å². The van der Waals surface area contributed by atoms with Crippen molar-refractivity contribution >= 4 is 11.6 Å². The van der Waals surface area contributed by atoms with Gasteiger partial charge in [-0.1, -0.05) is 18.2 Å². The molecular weight excluding hydrogens is 417 g/mol. The lowest BCUT2D eigenvalue weighted by molar-refractivity contribution is -0.274. The van der Waals surface area contributed by atoms with E-state index in [0.717, 1.165) is 0 Å². The number of para-hydroxylation sites is 1. The van der Waals surface area contributed by atoms with E-state index in [9.17, 15) is 22.8 Å². The number of alkyl halides is 3. The monoisotopic (exact) mass is 436 g/mol. The SMILES string of the molecule is O=C(NCc1ccccc1OC(F)(F)F)c1ccc2nn(C3CCOCC3)c(=O)n2c1. The summed E-state index contributed by atoms with van der Waals surface area (Å²) in [6, 6.07) is 8.53. The highest BCUT2D eigenvalue weighted by atomic mass is 19.4.